The molecule has 0 aliphatic carbocycles. The number of nitrogens with two attached hydrogens (primary N) is 1. The summed E-state index contributed by atoms with van der Waals surface area (Å²) in [5, 5.41) is 0. The van der Waals surface area contributed by atoms with E-state index in [1.165, 1.54) is 6.33 Å². The van der Waals surface area contributed by atoms with E-state index in [0.717, 1.165) is 5.56 Å². The molecule has 3 aromatic heterocycles. The van der Waals surface area contributed by atoms with Gasteiger partial charge in [0.1, 0.15) is 6.61 Å². The molecule has 1 aliphatic heterocycles. The first kappa shape index (κ1) is 11.7. The van der Waals surface area contributed by atoms with E-state index in [1.54, 1.807) is 6.20 Å². The second-order valence-corrected chi connectivity index (χ2v) is 4.39. The van der Waals surface area contributed by atoms with Crippen LogP contribution in [0.5, 0.6) is 17.5 Å². The third-order valence-corrected chi connectivity index (χ3v) is 2.98. The zero-order valence-corrected chi connectivity index (χ0v) is 10.8. The number of ether oxygens (including phenoxy) is 3. The Morgan fingerprint density at radius 1 is 1.38 bits per heavy atom. The number of hydrogen-bond donors (Lipinski definition) is 2. The number of aromatic nitrogens is 5. The number of H-pyrrole nitrogens is 2. The van der Waals surface area contributed by atoms with Crippen molar-refractivity contribution in [2.24, 2.45) is 0 Å². The van der Waals surface area contributed by atoms with E-state index >= 15 is 0 Å². The van der Waals surface area contributed by atoms with Crippen molar-refractivity contribution in [1.82, 2.24) is 19.9 Å². The molecule has 21 heavy (non-hydrogen) atoms. The molecule has 106 valence electrons. The molecule has 3 aromatic rings. The lowest BCUT2D eigenvalue weighted by Crippen LogP contribution is -2.17. The van der Waals surface area contributed by atoms with Gasteiger partial charge < -0.3 is 19.2 Å². The van der Waals surface area contributed by atoms with Gasteiger partial charge in [-0.2, -0.15) is 0 Å². The van der Waals surface area contributed by atoms with Crippen molar-refractivity contribution in [3.05, 3.63) is 24.2 Å². The highest BCUT2D eigenvalue weighted by Gasteiger charge is 2.17. The fourth-order valence-electron chi connectivity index (χ4n) is 2.04. The van der Waals surface area contributed by atoms with Gasteiger partial charge in [0.25, 0.3) is 17.4 Å². The number of nitrogens with one attached hydrogen (secondary N) is 2. The lowest BCUT2D eigenvalue weighted by molar-refractivity contribution is -0.380. The van der Waals surface area contributed by atoms with Crippen LogP contribution in [0.1, 0.15) is 5.56 Å². The highest BCUT2D eigenvalue weighted by Crippen LogP contribution is 2.30. The number of fused-ring (bicyclic) bond motifs is 2. The highest BCUT2D eigenvalue weighted by atomic mass is 16.7. The molecule has 0 unspecified atom stereocenters. The minimum Gasteiger partial charge on any atom is -0.461 e. The summed E-state index contributed by atoms with van der Waals surface area (Å²) in [6.45, 7) is 0.480. The van der Waals surface area contributed by atoms with Gasteiger partial charge in [0.2, 0.25) is 6.79 Å². The molecular weight excluding hydrogens is 276 g/mol. The Hall–Kier alpha value is -3.10. The largest absolute Gasteiger partial charge is 0.461 e. The molecule has 4 heterocycles. The molecule has 4 rings (SSSR count). The molecule has 0 radical (unpaired) electrons. The molecule has 0 amide bonds. The maximum atomic E-state index is 5.72. The molecule has 1 aliphatic rings. The van der Waals surface area contributed by atoms with Crippen LogP contribution in [-0.2, 0) is 6.61 Å². The minimum atomic E-state index is 0.191. The Labute approximate surface area is 118 Å². The molecule has 0 saturated carbocycles. The van der Waals surface area contributed by atoms with Crippen molar-refractivity contribution in [3.63, 3.8) is 0 Å². The van der Waals surface area contributed by atoms with Crippen molar-refractivity contribution in [2.75, 3.05) is 12.5 Å². The van der Waals surface area contributed by atoms with Gasteiger partial charge in [-0.1, -0.05) is 0 Å². The zero-order chi connectivity index (χ0) is 14.2. The van der Waals surface area contributed by atoms with E-state index in [9.17, 15) is 0 Å². The maximum absolute atomic E-state index is 5.72. The van der Waals surface area contributed by atoms with Crippen LogP contribution in [-0.4, -0.2) is 26.7 Å². The Morgan fingerprint density at radius 2 is 2.33 bits per heavy atom. The van der Waals surface area contributed by atoms with Crippen molar-refractivity contribution in [2.45, 2.75) is 6.61 Å². The second-order valence-electron chi connectivity index (χ2n) is 4.39. The summed E-state index contributed by atoms with van der Waals surface area (Å²) >= 11 is 0. The Balaban J connectivity index is 1.59. The van der Waals surface area contributed by atoms with Gasteiger partial charge in [0.05, 0.1) is 6.33 Å². The number of anilines is 1. The van der Waals surface area contributed by atoms with Gasteiger partial charge in [-0.05, 0) is 11.1 Å². The third kappa shape index (κ3) is 2.04. The Kier molecular flexibility index (Phi) is 2.49. The summed E-state index contributed by atoms with van der Waals surface area (Å²) in [5.41, 5.74) is 7.66. The highest BCUT2D eigenvalue weighted by molar-refractivity contribution is 5.74. The van der Waals surface area contributed by atoms with Gasteiger partial charge in [0, 0.05) is 11.8 Å². The normalized spacial score (nSPS) is 12.8. The molecular formula is C12H11N6O3+. The lowest BCUT2D eigenvalue weighted by atomic mass is 10.3. The number of imidazole rings is 1. The van der Waals surface area contributed by atoms with Gasteiger partial charge in [-0.25, -0.2) is 15.0 Å². The van der Waals surface area contributed by atoms with E-state index in [-0.39, 0.29) is 19.3 Å². The number of aromatic amines is 2. The van der Waals surface area contributed by atoms with E-state index in [4.69, 9.17) is 19.9 Å². The molecule has 9 nitrogen and oxygen atoms in total. The maximum Gasteiger partial charge on any atom is 0.392 e. The first-order chi connectivity index (χ1) is 10.3. The predicted molar refractivity (Wildman–Crippen MR) is 69.5 cm³/mol. The smallest absolute Gasteiger partial charge is 0.392 e. The van der Waals surface area contributed by atoms with Crippen molar-refractivity contribution in [3.8, 4) is 17.5 Å². The van der Waals surface area contributed by atoms with Crippen LogP contribution in [0.4, 0.5) is 5.95 Å². The first-order valence-corrected chi connectivity index (χ1v) is 6.19. The van der Waals surface area contributed by atoms with Crippen molar-refractivity contribution >= 4 is 17.1 Å². The number of rotatable bonds is 3. The van der Waals surface area contributed by atoms with Crippen molar-refractivity contribution in [1.29, 1.82) is 0 Å². The Bertz CT molecular complexity index is 818. The number of nitrogen functional groups attached to an aromatic ring is 1. The standard InChI is InChI=1S/C12H10N6O3/c13-12-17-9-8(15-4-16-9)11(18-12)19-3-6-1-7-10(14-2-6)21-5-20-7/h1-2,4H,3,5H2,(H3,13,15,16,17,18)/p+1. The fraction of sp³-hybridized carbons (Fsp3) is 0.167. The lowest BCUT2D eigenvalue weighted by Gasteiger charge is -2.05. The number of pyridine rings is 1. The summed E-state index contributed by atoms with van der Waals surface area (Å²) in [6, 6.07) is 1.82. The topological polar surface area (TPSA) is 122 Å². The van der Waals surface area contributed by atoms with Crippen LogP contribution in [0.25, 0.3) is 11.2 Å². The molecule has 0 bridgehead atoms. The number of nitrogens with zero attached hydrogens (tertiary/aromatic N) is 3. The van der Waals surface area contributed by atoms with E-state index in [2.05, 4.69) is 24.9 Å². The summed E-state index contributed by atoms with van der Waals surface area (Å²) in [4.78, 5) is 18.0. The molecule has 0 atom stereocenters. The molecule has 0 fully saturated rings. The average Bonchev–Trinajstić information content (AvgIpc) is 3.12. The third-order valence-electron chi connectivity index (χ3n) is 2.98. The monoisotopic (exact) mass is 287 g/mol. The van der Waals surface area contributed by atoms with E-state index < -0.39 is 0 Å². The molecule has 4 N–H and O–H groups in total. The van der Waals surface area contributed by atoms with Gasteiger partial charge in [0.15, 0.2) is 11.3 Å². The predicted octanol–water partition coefficient (Wildman–Crippen LogP) is 0.0569. The van der Waals surface area contributed by atoms with Crippen LogP contribution in [0.15, 0.2) is 18.6 Å². The summed E-state index contributed by atoms with van der Waals surface area (Å²) in [6.07, 6.45) is 3.20. The zero-order valence-electron chi connectivity index (χ0n) is 10.8. The molecule has 9 heteroatoms. The quantitative estimate of drug-likeness (QED) is 0.698. The minimum absolute atomic E-state index is 0.191. The average molecular weight is 287 g/mol. The van der Waals surface area contributed by atoms with Crippen molar-refractivity contribution < 1.29 is 19.2 Å². The molecule has 0 aromatic carbocycles. The number of hydrogen-bond acceptors (Lipinski definition) is 7. The van der Waals surface area contributed by atoms with Crippen LogP contribution in [0, 0.1) is 0 Å². The van der Waals surface area contributed by atoms with Crippen LogP contribution >= 0.6 is 0 Å². The second kappa shape index (κ2) is 4.47. The molecule has 0 saturated heterocycles. The first-order valence-electron chi connectivity index (χ1n) is 6.19. The fourth-order valence-corrected chi connectivity index (χ4v) is 2.04. The summed E-state index contributed by atoms with van der Waals surface area (Å²) < 4.78 is 16.2. The van der Waals surface area contributed by atoms with E-state index in [0.29, 0.717) is 28.7 Å². The van der Waals surface area contributed by atoms with Gasteiger partial charge in [-0.3, -0.25) is 5.73 Å². The summed E-state index contributed by atoms with van der Waals surface area (Å²) in [5.74, 6) is 1.80. The van der Waals surface area contributed by atoms with Crippen LogP contribution in [0.3, 0.4) is 0 Å². The summed E-state index contributed by atoms with van der Waals surface area (Å²) in [7, 11) is 0. The van der Waals surface area contributed by atoms with Gasteiger partial charge in [-0.15, -0.1) is 0 Å². The van der Waals surface area contributed by atoms with Crippen LogP contribution < -0.4 is 24.9 Å². The van der Waals surface area contributed by atoms with Crippen LogP contribution in [0.2, 0.25) is 0 Å². The molecule has 0 spiro atoms. The van der Waals surface area contributed by atoms with Gasteiger partial charge >= 0.3 is 5.95 Å². The Morgan fingerprint density at radius 3 is 3.29 bits per heavy atom. The SMILES string of the molecule is Nc1nc2nc[nH]c2c(OCc2cnc3c(c2)OCO3)[nH+]1. The van der Waals surface area contributed by atoms with E-state index in [1.807, 2.05) is 6.07 Å².